The Labute approximate surface area is 175 Å². The molecule has 0 saturated carbocycles. The Morgan fingerprint density at radius 1 is 0.967 bits per heavy atom. The van der Waals surface area contributed by atoms with Crippen molar-refractivity contribution in [2.75, 3.05) is 26.1 Å². The fraction of sp³-hybridized carbons (Fsp3) is 0.318. The normalized spacial score (nSPS) is 11.2. The molecule has 8 heteroatoms. The molecule has 2 N–H and O–H groups in total. The number of carbonyl (C=O) groups excluding carboxylic acids is 3. The summed E-state index contributed by atoms with van der Waals surface area (Å²) in [7, 11) is 2.94. The highest BCUT2D eigenvalue weighted by atomic mass is 16.5. The topological polar surface area (TPSA) is 103 Å². The van der Waals surface area contributed by atoms with Gasteiger partial charge in [0, 0.05) is 17.3 Å². The second-order valence-corrected chi connectivity index (χ2v) is 6.72. The summed E-state index contributed by atoms with van der Waals surface area (Å²) < 4.78 is 15.3. The SMILES string of the molecule is COc1cc(OC)cc(C(=O)NCC(=O)O[C@H](C)C(=O)Nc2ccc(C)cc2C)c1. The molecular formula is C22H26N2O6. The summed E-state index contributed by atoms with van der Waals surface area (Å²) in [5.74, 6) is -0.810. The molecule has 1 atom stereocenters. The van der Waals surface area contributed by atoms with E-state index in [-0.39, 0.29) is 12.1 Å². The van der Waals surface area contributed by atoms with Gasteiger partial charge in [-0.3, -0.25) is 14.4 Å². The summed E-state index contributed by atoms with van der Waals surface area (Å²) in [4.78, 5) is 36.6. The number of rotatable bonds is 8. The van der Waals surface area contributed by atoms with Crippen LogP contribution in [-0.2, 0) is 14.3 Å². The molecule has 0 bridgehead atoms. The minimum atomic E-state index is -1.02. The van der Waals surface area contributed by atoms with E-state index in [0.29, 0.717) is 17.2 Å². The summed E-state index contributed by atoms with van der Waals surface area (Å²) in [6, 6.07) is 10.3. The first-order valence-electron chi connectivity index (χ1n) is 9.32. The van der Waals surface area contributed by atoms with Crippen LogP contribution >= 0.6 is 0 Å². The number of carbonyl (C=O) groups is 3. The summed E-state index contributed by atoms with van der Waals surface area (Å²) in [6.45, 7) is 4.91. The number of methoxy groups -OCH3 is 2. The van der Waals surface area contributed by atoms with Crippen molar-refractivity contribution in [2.45, 2.75) is 26.9 Å². The van der Waals surface area contributed by atoms with Crippen LogP contribution in [0.25, 0.3) is 0 Å². The van der Waals surface area contributed by atoms with Crippen LogP contribution in [0.15, 0.2) is 36.4 Å². The Morgan fingerprint density at radius 2 is 1.60 bits per heavy atom. The second-order valence-electron chi connectivity index (χ2n) is 6.72. The van der Waals surface area contributed by atoms with E-state index in [2.05, 4.69) is 10.6 Å². The Kier molecular flexibility index (Phi) is 7.80. The minimum absolute atomic E-state index is 0.264. The molecule has 2 rings (SSSR count). The average molecular weight is 414 g/mol. The van der Waals surface area contributed by atoms with Crippen molar-refractivity contribution in [2.24, 2.45) is 0 Å². The number of esters is 1. The van der Waals surface area contributed by atoms with Crippen LogP contribution in [0.1, 0.15) is 28.4 Å². The zero-order valence-electron chi connectivity index (χ0n) is 17.7. The number of aryl methyl sites for hydroxylation is 2. The lowest BCUT2D eigenvalue weighted by molar-refractivity contribution is -0.152. The van der Waals surface area contributed by atoms with Crippen LogP contribution < -0.4 is 20.1 Å². The van der Waals surface area contributed by atoms with Crippen molar-refractivity contribution in [3.63, 3.8) is 0 Å². The van der Waals surface area contributed by atoms with Gasteiger partial charge in [-0.1, -0.05) is 17.7 Å². The van der Waals surface area contributed by atoms with Crippen molar-refractivity contribution < 1.29 is 28.6 Å². The van der Waals surface area contributed by atoms with Gasteiger partial charge in [0.15, 0.2) is 6.10 Å². The van der Waals surface area contributed by atoms with Crippen molar-refractivity contribution in [3.8, 4) is 11.5 Å². The van der Waals surface area contributed by atoms with E-state index < -0.39 is 23.9 Å². The fourth-order valence-corrected chi connectivity index (χ4v) is 2.67. The summed E-state index contributed by atoms with van der Waals surface area (Å²) in [5.41, 5.74) is 2.89. The van der Waals surface area contributed by atoms with Gasteiger partial charge in [0.1, 0.15) is 18.0 Å². The first kappa shape index (κ1) is 22.7. The number of nitrogens with one attached hydrogen (secondary N) is 2. The van der Waals surface area contributed by atoms with Gasteiger partial charge in [-0.05, 0) is 44.5 Å². The van der Waals surface area contributed by atoms with Crippen molar-refractivity contribution in [1.29, 1.82) is 0 Å². The van der Waals surface area contributed by atoms with Crippen LogP contribution in [-0.4, -0.2) is 44.7 Å². The van der Waals surface area contributed by atoms with Gasteiger partial charge in [-0.2, -0.15) is 0 Å². The second kappa shape index (κ2) is 10.3. The van der Waals surface area contributed by atoms with Crippen LogP contribution in [0.4, 0.5) is 5.69 Å². The lowest BCUT2D eigenvalue weighted by atomic mass is 10.1. The van der Waals surface area contributed by atoms with Gasteiger partial charge in [-0.25, -0.2) is 0 Å². The Hall–Kier alpha value is -3.55. The quantitative estimate of drug-likeness (QED) is 0.644. The van der Waals surface area contributed by atoms with Crippen LogP contribution in [0.3, 0.4) is 0 Å². The van der Waals surface area contributed by atoms with Gasteiger partial charge in [0.2, 0.25) is 0 Å². The first-order chi connectivity index (χ1) is 14.2. The number of benzene rings is 2. The molecule has 0 fully saturated rings. The molecule has 0 unspecified atom stereocenters. The molecule has 0 radical (unpaired) electrons. The zero-order chi connectivity index (χ0) is 22.3. The average Bonchev–Trinajstić information content (AvgIpc) is 2.73. The molecule has 2 aromatic rings. The van der Waals surface area contributed by atoms with Crippen molar-refractivity contribution in [1.82, 2.24) is 5.32 Å². The molecular weight excluding hydrogens is 388 g/mol. The predicted octanol–water partition coefficient (Wildman–Crippen LogP) is 2.62. The molecule has 8 nitrogen and oxygen atoms in total. The molecule has 0 heterocycles. The lowest BCUT2D eigenvalue weighted by Crippen LogP contribution is -2.36. The van der Waals surface area contributed by atoms with E-state index in [0.717, 1.165) is 11.1 Å². The molecule has 2 amide bonds. The highest BCUT2D eigenvalue weighted by Crippen LogP contribution is 2.22. The van der Waals surface area contributed by atoms with Crippen LogP contribution in [0.2, 0.25) is 0 Å². The molecule has 0 spiro atoms. The molecule has 0 aliphatic rings. The summed E-state index contributed by atoms with van der Waals surface area (Å²) in [6.07, 6.45) is -1.02. The molecule has 0 aliphatic heterocycles. The van der Waals surface area contributed by atoms with Gasteiger partial charge < -0.3 is 24.8 Å². The predicted molar refractivity (Wildman–Crippen MR) is 112 cm³/mol. The fourth-order valence-electron chi connectivity index (χ4n) is 2.67. The Morgan fingerprint density at radius 3 is 2.17 bits per heavy atom. The van der Waals surface area contributed by atoms with E-state index in [4.69, 9.17) is 14.2 Å². The number of anilines is 1. The van der Waals surface area contributed by atoms with Gasteiger partial charge in [0.25, 0.3) is 11.8 Å². The van der Waals surface area contributed by atoms with Gasteiger partial charge in [0.05, 0.1) is 14.2 Å². The van der Waals surface area contributed by atoms with E-state index >= 15 is 0 Å². The first-order valence-corrected chi connectivity index (χ1v) is 9.32. The standard InChI is InChI=1S/C22H26N2O6/c1-13-6-7-19(14(2)8-13)24-21(26)15(3)30-20(25)12-23-22(27)16-9-17(28-4)11-18(10-16)29-5/h6-11,15H,12H2,1-5H3,(H,23,27)(H,24,26)/t15-/m1/s1. The Bertz CT molecular complexity index is 919. The van der Waals surface area contributed by atoms with E-state index in [1.807, 2.05) is 26.0 Å². The summed E-state index contributed by atoms with van der Waals surface area (Å²) in [5, 5.41) is 5.18. The largest absolute Gasteiger partial charge is 0.497 e. The number of hydrogen-bond donors (Lipinski definition) is 2. The van der Waals surface area contributed by atoms with Gasteiger partial charge in [-0.15, -0.1) is 0 Å². The third-order valence-corrected chi connectivity index (χ3v) is 4.32. The number of hydrogen-bond acceptors (Lipinski definition) is 6. The maximum absolute atomic E-state index is 12.3. The van der Waals surface area contributed by atoms with E-state index in [1.165, 1.54) is 33.3 Å². The highest BCUT2D eigenvalue weighted by molar-refractivity contribution is 5.98. The van der Waals surface area contributed by atoms with Gasteiger partial charge >= 0.3 is 5.97 Å². The molecule has 0 aromatic heterocycles. The molecule has 0 saturated heterocycles. The third kappa shape index (κ3) is 6.23. The van der Waals surface area contributed by atoms with Crippen molar-refractivity contribution in [3.05, 3.63) is 53.1 Å². The zero-order valence-corrected chi connectivity index (χ0v) is 17.7. The Balaban J connectivity index is 1.89. The number of amides is 2. The lowest BCUT2D eigenvalue weighted by Gasteiger charge is -2.15. The third-order valence-electron chi connectivity index (χ3n) is 4.32. The van der Waals surface area contributed by atoms with Crippen LogP contribution in [0.5, 0.6) is 11.5 Å². The smallest absolute Gasteiger partial charge is 0.326 e. The van der Waals surface area contributed by atoms with E-state index in [1.54, 1.807) is 12.1 Å². The number of ether oxygens (including phenoxy) is 3. The molecule has 0 aliphatic carbocycles. The van der Waals surface area contributed by atoms with Crippen molar-refractivity contribution >= 4 is 23.5 Å². The molecule has 2 aromatic carbocycles. The van der Waals surface area contributed by atoms with E-state index in [9.17, 15) is 14.4 Å². The molecule has 30 heavy (non-hydrogen) atoms. The minimum Gasteiger partial charge on any atom is -0.497 e. The molecule has 160 valence electrons. The highest BCUT2D eigenvalue weighted by Gasteiger charge is 2.19. The maximum atomic E-state index is 12.3. The monoisotopic (exact) mass is 414 g/mol. The maximum Gasteiger partial charge on any atom is 0.326 e. The summed E-state index contributed by atoms with van der Waals surface area (Å²) >= 11 is 0. The van der Waals surface area contributed by atoms with Crippen LogP contribution in [0, 0.1) is 13.8 Å².